The molecule has 28 heavy (non-hydrogen) atoms. The summed E-state index contributed by atoms with van der Waals surface area (Å²) in [6.07, 6.45) is 6.95. The molecule has 2 aromatic rings. The first kappa shape index (κ1) is 19.5. The fourth-order valence-electron chi connectivity index (χ4n) is 4.27. The molecule has 4 rings (SSSR count). The lowest BCUT2D eigenvalue weighted by molar-refractivity contribution is -0.132. The van der Waals surface area contributed by atoms with Gasteiger partial charge in [0.05, 0.1) is 16.7 Å². The third-order valence-corrected chi connectivity index (χ3v) is 7.14. The third kappa shape index (κ3) is 3.97. The van der Waals surface area contributed by atoms with Gasteiger partial charge in [-0.25, -0.2) is 4.98 Å². The standard InChI is InChI=1S/C22H29N3O2S/c1-14-4-7-16(8-5-14)25(17-9-10-17)20(26)13-28-22-23-19-11-6-15(2)12-18(19)21(27)24(22)3/h6,11-12,14,16-17H,4-5,7-10,13H2,1-3H3. The zero-order chi connectivity index (χ0) is 19.8. The lowest BCUT2D eigenvalue weighted by atomic mass is 9.86. The maximum absolute atomic E-state index is 13.1. The highest BCUT2D eigenvalue weighted by atomic mass is 32.2. The molecule has 6 heteroatoms. The van der Waals surface area contributed by atoms with Crippen LogP contribution in [-0.2, 0) is 11.8 Å². The van der Waals surface area contributed by atoms with Crippen LogP contribution in [0.5, 0.6) is 0 Å². The van der Waals surface area contributed by atoms with E-state index >= 15 is 0 Å². The summed E-state index contributed by atoms with van der Waals surface area (Å²) in [6.45, 7) is 4.28. The van der Waals surface area contributed by atoms with Crippen LogP contribution in [0.25, 0.3) is 10.9 Å². The minimum Gasteiger partial charge on any atom is -0.336 e. The molecule has 0 saturated heterocycles. The largest absolute Gasteiger partial charge is 0.336 e. The van der Waals surface area contributed by atoms with Gasteiger partial charge in [-0.1, -0.05) is 30.3 Å². The molecule has 2 aliphatic carbocycles. The van der Waals surface area contributed by atoms with E-state index in [0.717, 1.165) is 37.2 Å². The third-order valence-electron chi connectivity index (χ3n) is 6.12. The second-order valence-electron chi connectivity index (χ2n) is 8.51. The summed E-state index contributed by atoms with van der Waals surface area (Å²) >= 11 is 1.39. The van der Waals surface area contributed by atoms with Crippen LogP contribution in [0.1, 0.15) is 51.0 Å². The molecule has 1 heterocycles. The van der Waals surface area contributed by atoms with E-state index in [1.54, 1.807) is 11.6 Å². The van der Waals surface area contributed by atoms with Crippen LogP contribution in [0.15, 0.2) is 28.2 Å². The number of rotatable bonds is 5. The number of carbonyl (C=O) groups excluding carboxylic acids is 1. The monoisotopic (exact) mass is 399 g/mol. The molecule has 2 fully saturated rings. The van der Waals surface area contributed by atoms with Crippen molar-refractivity contribution in [3.63, 3.8) is 0 Å². The summed E-state index contributed by atoms with van der Waals surface area (Å²) in [5.41, 5.74) is 1.69. The lowest BCUT2D eigenvalue weighted by Crippen LogP contribution is -2.44. The second-order valence-corrected chi connectivity index (χ2v) is 9.46. The Hall–Kier alpha value is -1.82. The van der Waals surface area contributed by atoms with E-state index in [2.05, 4.69) is 16.8 Å². The Balaban J connectivity index is 1.50. The Morgan fingerprint density at radius 3 is 2.46 bits per heavy atom. The molecule has 0 spiro atoms. The Morgan fingerprint density at radius 2 is 1.82 bits per heavy atom. The lowest BCUT2D eigenvalue weighted by Gasteiger charge is -2.36. The van der Waals surface area contributed by atoms with Gasteiger partial charge < -0.3 is 4.90 Å². The van der Waals surface area contributed by atoms with Crippen LogP contribution in [-0.4, -0.2) is 38.2 Å². The highest BCUT2D eigenvalue weighted by molar-refractivity contribution is 7.99. The molecule has 2 aliphatic rings. The topological polar surface area (TPSA) is 55.2 Å². The van der Waals surface area contributed by atoms with Crippen molar-refractivity contribution in [1.82, 2.24) is 14.5 Å². The van der Waals surface area contributed by atoms with Crippen molar-refractivity contribution in [2.75, 3.05) is 5.75 Å². The molecule has 5 nitrogen and oxygen atoms in total. The molecular weight excluding hydrogens is 370 g/mol. The van der Waals surface area contributed by atoms with Crippen molar-refractivity contribution < 1.29 is 4.79 Å². The minimum atomic E-state index is -0.0519. The number of fused-ring (bicyclic) bond motifs is 1. The first-order chi connectivity index (χ1) is 13.4. The summed E-state index contributed by atoms with van der Waals surface area (Å²) in [5, 5.41) is 1.25. The average Bonchev–Trinajstić information content (AvgIpc) is 3.51. The minimum absolute atomic E-state index is 0.0519. The molecule has 0 bridgehead atoms. The molecule has 0 unspecified atom stereocenters. The fraction of sp³-hybridized carbons (Fsp3) is 0.591. The summed E-state index contributed by atoms with van der Waals surface area (Å²) in [5.74, 6) is 1.33. The number of amides is 1. The van der Waals surface area contributed by atoms with Crippen molar-refractivity contribution in [2.24, 2.45) is 13.0 Å². The first-order valence-electron chi connectivity index (χ1n) is 10.4. The number of aryl methyl sites for hydroxylation is 1. The molecule has 0 atom stereocenters. The van der Waals surface area contributed by atoms with Gasteiger partial charge >= 0.3 is 0 Å². The smallest absolute Gasteiger partial charge is 0.261 e. The summed E-state index contributed by atoms with van der Waals surface area (Å²) in [7, 11) is 1.74. The highest BCUT2D eigenvalue weighted by Gasteiger charge is 2.38. The number of thioether (sulfide) groups is 1. The van der Waals surface area contributed by atoms with Crippen molar-refractivity contribution in [3.05, 3.63) is 34.1 Å². The maximum Gasteiger partial charge on any atom is 0.261 e. The van der Waals surface area contributed by atoms with Crippen LogP contribution in [0.3, 0.4) is 0 Å². The number of carbonyl (C=O) groups is 1. The molecule has 150 valence electrons. The normalized spacial score (nSPS) is 22.4. The predicted molar refractivity (Wildman–Crippen MR) is 114 cm³/mol. The predicted octanol–water partition coefficient (Wildman–Crippen LogP) is 3.90. The van der Waals surface area contributed by atoms with E-state index in [1.807, 2.05) is 25.1 Å². The molecule has 1 aromatic carbocycles. The van der Waals surface area contributed by atoms with Crippen molar-refractivity contribution in [3.8, 4) is 0 Å². The number of nitrogens with zero attached hydrogens (tertiary/aromatic N) is 3. The Morgan fingerprint density at radius 1 is 1.18 bits per heavy atom. The highest BCUT2D eigenvalue weighted by Crippen LogP contribution is 2.36. The number of benzene rings is 1. The molecule has 0 N–H and O–H groups in total. The van der Waals surface area contributed by atoms with E-state index < -0.39 is 0 Å². The number of hydrogen-bond acceptors (Lipinski definition) is 4. The zero-order valence-electron chi connectivity index (χ0n) is 17.0. The van der Waals surface area contributed by atoms with Crippen LogP contribution in [0, 0.1) is 12.8 Å². The van der Waals surface area contributed by atoms with Gasteiger partial charge in [0, 0.05) is 19.1 Å². The van der Waals surface area contributed by atoms with Gasteiger partial charge in [0.2, 0.25) is 5.91 Å². The summed E-state index contributed by atoms with van der Waals surface area (Å²) in [6, 6.07) is 6.56. The van der Waals surface area contributed by atoms with E-state index in [-0.39, 0.29) is 11.5 Å². The zero-order valence-corrected chi connectivity index (χ0v) is 17.8. The quantitative estimate of drug-likeness (QED) is 0.565. The van der Waals surface area contributed by atoms with Gasteiger partial charge in [0.25, 0.3) is 5.56 Å². The Bertz CT molecular complexity index is 943. The van der Waals surface area contributed by atoms with Crippen molar-refractivity contribution in [1.29, 1.82) is 0 Å². The van der Waals surface area contributed by atoms with Crippen LogP contribution < -0.4 is 5.56 Å². The fourth-order valence-corrected chi connectivity index (χ4v) is 5.11. The summed E-state index contributed by atoms with van der Waals surface area (Å²) in [4.78, 5) is 32.6. The summed E-state index contributed by atoms with van der Waals surface area (Å²) < 4.78 is 1.57. The van der Waals surface area contributed by atoms with E-state index in [9.17, 15) is 9.59 Å². The molecule has 0 aliphatic heterocycles. The van der Waals surface area contributed by atoms with Crippen LogP contribution >= 0.6 is 11.8 Å². The van der Waals surface area contributed by atoms with Gasteiger partial charge in [0.1, 0.15) is 0 Å². The number of aromatic nitrogens is 2. The van der Waals surface area contributed by atoms with Gasteiger partial charge in [-0.15, -0.1) is 0 Å². The van der Waals surface area contributed by atoms with Gasteiger partial charge in [-0.2, -0.15) is 0 Å². The molecular formula is C22H29N3O2S. The molecule has 1 aromatic heterocycles. The number of hydrogen-bond donors (Lipinski definition) is 0. The Labute approximate surface area is 170 Å². The van der Waals surface area contributed by atoms with E-state index in [1.165, 1.54) is 24.6 Å². The second kappa shape index (κ2) is 7.90. The van der Waals surface area contributed by atoms with Crippen molar-refractivity contribution >= 4 is 28.6 Å². The SMILES string of the molecule is Cc1ccc2nc(SCC(=O)N(C3CCC(C)CC3)C3CC3)n(C)c(=O)c2c1. The first-order valence-corrected chi connectivity index (χ1v) is 11.3. The molecule has 0 radical (unpaired) electrons. The van der Waals surface area contributed by atoms with Crippen molar-refractivity contribution in [2.45, 2.75) is 69.6 Å². The van der Waals surface area contributed by atoms with Crippen LogP contribution in [0.2, 0.25) is 0 Å². The van der Waals surface area contributed by atoms with Crippen LogP contribution in [0.4, 0.5) is 0 Å². The maximum atomic E-state index is 13.1. The van der Waals surface area contributed by atoms with Gasteiger partial charge in [0.15, 0.2) is 5.16 Å². The van der Waals surface area contributed by atoms with Gasteiger partial charge in [-0.3, -0.25) is 14.2 Å². The van der Waals surface area contributed by atoms with Gasteiger partial charge in [-0.05, 0) is 63.5 Å². The van der Waals surface area contributed by atoms with E-state index in [0.29, 0.717) is 33.9 Å². The van der Waals surface area contributed by atoms with E-state index in [4.69, 9.17) is 0 Å². The average molecular weight is 400 g/mol. The molecule has 1 amide bonds. The Kier molecular flexibility index (Phi) is 5.50. The molecule has 2 saturated carbocycles.